The monoisotopic (exact) mass is 559 g/mol. The summed E-state index contributed by atoms with van der Waals surface area (Å²) in [5.41, 5.74) is -0.0562. The topological polar surface area (TPSA) is 29.1 Å². The van der Waals surface area contributed by atoms with Crippen molar-refractivity contribution >= 4 is 71.1 Å². The lowest BCUT2D eigenvalue weighted by molar-refractivity contribution is -0.155. The van der Waals surface area contributed by atoms with Gasteiger partial charge in [-0.15, -0.1) is 0 Å². The van der Waals surface area contributed by atoms with Gasteiger partial charge in [-0.1, -0.05) is 73.4 Å². The number of hydrogen-bond donors (Lipinski definition) is 1. The Balaban J connectivity index is 1.78. The molecule has 0 radical (unpaired) electrons. The Hall–Kier alpha value is 0.340. The number of fused-ring (bicyclic) bond motifs is 1. The number of benzene rings is 1. The molecule has 0 heterocycles. The van der Waals surface area contributed by atoms with E-state index >= 15 is 0 Å². The lowest BCUT2D eigenvalue weighted by Gasteiger charge is -2.66. The maximum absolute atomic E-state index is 13.1. The normalized spacial score (nSPS) is 32.8. The van der Waals surface area contributed by atoms with E-state index in [0.717, 1.165) is 12.8 Å². The second kappa shape index (κ2) is 6.74. The SMILES string of the molecule is CC1(C)[C@@]2(C(=O)Nc3ccc(SC(F)F)cc3)CC[C@@]1(C(Br)Br)[C@@H]2Br. The molecule has 2 nitrogen and oxygen atoms in total. The lowest BCUT2D eigenvalue weighted by atomic mass is 9.43. The standard InChI is InChI=1S/C17H18Br3F2NOS/c1-15(2)16(12(19)20)7-8-17(15,11(16)18)13(24)23-9-3-5-10(6-4-9)25-14(21)22/h3-6,11-12,14H,7-8H2,1-2H3,(H,23,24)/t11-,16-,17-/m0/s1. The first-order valence-electron chi connectivity index (χ1n) is 7.88. The van der Waals surface area contributed by atoms with Gasteiger partial charge in [-0.2, -0.15) is 8.78 Å². The fraction of sp³-hybridized carbons (Fsp3) is 0.588. The van der Waals surface area contributed by atoms with Gasteiger partial charge >= 0.3 is 0 Å². The molecule has 4 rings (SSSR count). The van der Waals surface area contributed by atoms with Crippen LogP contribution in [0.1, 0.15) is 26.7 Å². The molecule has 1 aromatic carbocycles. The number of amides is 1. The number of alkyl halides is 5. The number of rotatable bonds is 5. The average molecular weight is 562 g/mol. The van der Waals surface area contributed by atoms with Crippen LogP contribution in [-0.4, -0.2) is 20.2 Å². The minimum atomic E-state index is -2.45. The van der Waals surface area contributed by atoms with Crippen LogP contribution < -0.4 is 5.32 Å². The molecule has 1 N–H and O–H groups in total. The second-order valence-electron chi connectivity index (χ2n) is 7.16. The highest BCUT2D eigenvalue weighted by Crippen LogP contribution is 2.82. The van der Waals surface area contributed by atoms with E-state index in [1.54, 1.807) is 24.3 Å². The Labute approximate surface area is 175 Å². The molecule has 3 aliphatic rings. The molecule has 2 bridgehead atoms. The van der Waals surface area contributed by atoms with Gasteiger partial charge in [0.25, 0.3) is 5.76 Å². The van der Waals surface area contributed by atoms with E-state index < -0.39 is 11.2 Å². The molecule has 3 aliphatic carbocycles. The van der Waals surface area contributed by atoms with Crippen molar-refractivity contribution in [2.45, 2.75) is 45.9 Å². The van der Waals surface area contributed by atoms with E-state index in [1.165, 1.54) is 0 Å². The van der Waals surface area contributed by atoms with Crippen LogP contribution in [0.15, 0.2) is 29.2 Å². The van der Waals surface area contributed by atoms with E-state index in [9.17, 15) is 13.6 Å². The third kappa shape index (κ3) is 2.68. The molecule has 0 spiro atoms. The maximum atomic E-state index is 13.1. The molecule has 1 aromatic rings. The first-order chi connectivity index (χ1) is 11.6. The van der Waals surface area contributed by atoms with Crippen LogP contribution in [0.5, 0.6) is 0 Å². The Morgan fingerprint density at radius 3 is 2.28 bits per heavy atom. The lowest BCUT2D eigenvalue weighted by Crippen LogP contribution is -2.71. The van der Waals surface area contributed by atoms with Crippen LogP contribution >= 0.6 is 59.6 Å². The van der Waals surface area contributed by atoms with E-state index in [0.29, 0.717) is 22.3 Å². The average Bonchev–Trinajstić information content (AvgIpc) is 2.98. The predicted octanol–water partition coefficient (Wildman–Crippen LogP) is 6.63. The number of nitrogens with one attached hydrogen (secondary N) is 1. The smallest absolute Gasteiger partial charge is 0.288 e. The summed E-state index contributed by atoms with van der Waals surface area (Å²) >= 11 is 11.6. The van der Waals surface area contributed by atoms with Crippen LogP contribution in [0.4, 0.5) is 14.5 Å². The van der Waals surface area contributed by atoms with Gasteiger partial charge in [-0.05, 0) is 42.5 Å². The summed E-state index contributed by atoms with van der Waals surface area (Å²) in [6.07, 6.45) is 1.77. The first-order valence-corrected chi connectivity index (χ1v) is 11.5. The maximum Gasteiger partial charge on any atom is 0.288 e. The molecule has 138 valence electrons. The van der Waals surface area contributed by atoms with Crippen LogP contribution in [0.25, 0.3) is 0 Å². The number of carbonyl (C=O) groups excluding carboxylic acids is 1. The molecule has 3 saturated carbocycles. The largest absolute Gasteiger partial charge is 0.326 e. The van der Waals surface area contributed by atoms with Gasteiger partial charge in [0.1, 0.15) is 0 Å². The number of thioether (sulfide) groups is 1. The zero-order chi connectivity index (χ0) is 18.6. The molecule has 3 atom stereocenters. The summed E-state index contributed by atoms with van der Waals surface area (Å²) in [5, 5.41) is 2.99. The molecule has 0 aromatic heterocycles. The van der Waals surface area contributed by atoms with Crippen LogP contribution in [0.2, 0.25) is 0 Å². The Morgan fingerprint density at radius 1 is 1.24 bits per heavy atom. The summed E-state index contributed by atoms with van der Waals surface area (Å²) in [6, 6.07) is 6.56. The van der Waals surface area contributed by atoms with Crippen molar-refractivity contribution in [1.29, 1.82) is 0 Å². The highest BCUT2D eigenvalue weighted by atomic mass is 79.9. The third-order valence-corrected chi connectivity index (χ3v) is 10.2. The first kappa shape index (κ1) is 20.1. The second-order valence-corrected chi connectivity index (χ2v) is 12.2. The van der Waals surface area contributed by atoms with Gasteiger partial charge in [-0.25, -0.2) is 0 Å². The summed E-state index contributed by atoms with van der Waals surface area (Å²) in [6.45, 7) is 4.30. The molecule has 1 amide bonds. The molecule has 3 fully saturated rings. The quantitative estimate of drug-likeness (QED) is 0.323. The molecular formula is C17H18Br3F2NOS. The zero-order valence-corrected chi connectivity index (χ0v) is 19.2. The van der Waals surface area contributed by atoms with Crippen molar-refractivity contribution in [2.24, 2.45) is 16.2 Å². The molecule has 0 saturated heterocycles. The van der Waals surface area contributed by atoms with Gasteiger partial charge in [0, 0.05) is 20.8 Å². The Bertz CT molecular complexity index is 685. The summed E-state index contributed by atoms with van der Waals surface area (Å²) in [4.78, 5) is 13.7. The number of anilines is 1. The molecule has 8 heteroatoms. The van der Waals surface area contributed by atoms with Crippen molar-refractivity contribution in [3.05, 3.63) is 24.3 Å². The van der Waals surface area contributed by atoms with Gasteiger partial charge in [0.2, 0.25) is 5.91 Å². The highest BCUT2D eigenvalue weighted by Gasteiger charge is 2.83. The number of carbonyl (C=O) groups is 1. The van der Waals surface area contributed by atoms with Crippen molar-refractivity contribution in [2.75, 3.05) is 5.32 Å². The van der Waals surface area contributed by atoms with E-state index in [4.69, 9.17) is 0 Å². The molecule has 0 unspecified atom stereocenters. The summed E-state index contributed by atoms with van der Waals surface area (Å²) in [7, 11) is 0. The van der Waals surface area contributed by atoms with Gasteiger partial charge in [-0.3, -0.25) is 4.79 Å². The fourth-order valence-electron chi connectivity index (χ4n) is 4.66. The Kier molecular flexibility index (Phi) is 5.42. The van der Waals surface area contributed by atoms with E-state index in [2.05, 4.69) is 67.0 Å². The van der Waals surface area contributed by atoms with Crippen molar-refractivity contribution in [1.82, 2.24) is 0 Å². The fourth-order valence-corrected chi connectivity index (χ4v) is 10.1. The molecular weight excluding hydrogens is 544 g/mol. The van der Waals surface area contributed by atoms with Crippen LogP contribution in [0.3, 0.4) is 0 Å². The van der Waals surface area contributed by atoms with Crippen LogP contribution in [-0.2, 0) is 4.79 Å². The van der Waals surface area contributed by atoms with Crippen molar-refractivity contribution in [3.8, 4) is 0 Å². The van der Waals surface area contributed by atoms with Gasteiger partial charge in [0.15, 0.2) is 0 Å². The van der Waals surface area contributed by atoms with Crippen LogP contribution in [0, 0.1) is 16.2 Å². The number of hydrogen-bond acceptors (Lipinski definition) is 2. The third-order valence-electron chi connectivity index (χ3n) is 6.23. The minimum absolute atomic E-state index is 0.0117. The minimum Gasteiger partial charge on any atom is -0.326 e. The Morgan fingerprint density at radius 2 is 1.84 bits per heavy atom. The van der Waals surface area contributed by atoms with Gasteiger partial charge in [0.05, 0.1) is 9.15 Å². The van der Waals surface area contributed by atoms with Gasteiger partial charge < -0.3 is 5.32 Å². The van der Waals surface area contributed by atoms with Crippen molar-refractivity contribution in [3.63, 3.8) is 0 Å². The summed E-state index contributed by atoms with van der Waals surface area (Å²) in [5.74, 6) is -2.46. The van der Waals surface area contributed by atoms with Crippen molar-refractivity contribution < 1.29 is 13.6 Å². The van der Waals surface area contributed by atoms with E-state index in [1.807, 2.05) is 0 Å². The zero-order valence-electron chi connectivity index (χ0n) is 13.7. The summed E-state index contributed by atoms with van der Waals surface area (Å²) < 4.78 is 24.9. The van der Waals surface area contributed by atoms with E-state index in [-0.39, 0.29) is 25.3 Å². The molecule has 0 aliphatic heterocycles. The molecule has 25 heavy (non-hydrogen) atoms. The predicted molar refractivity (Wildman–Crippen MR) is 109 cm³/mol. The highest BCUT2D eigenvalue weighted by molar-refractivity contribution is 9.24. The number of halogens is 5.